The summed E-state index contributed by atoms with van der Waals surface area (Å²) in [5.74, 6) is 0.452. The molecule has 3 nitrogen and oxygen atoms in total. The molecule has 0 aliphatic heterocycles. The van der Waals surface area contributed by atoms with Gasteiger partial charge in [-0.3, -0.25) is 4.74 Å². The maximum absolute atomic E-state index is 11.7. The van der Waals surface area contributed by atoms with Gasteiger partial charge in [0.15, 0.2) is 0 Å². The Labute approximate surface area is 105 Å². The van der Waals surface area contributed by atoms with Gasteiger partial charge in [-0.15, -0.1) is 13.2 Å². The van der Waals surface area contributed by atoms with Crippen LogP contribution in [0.5, 0.6) is 5.75 Å². The van der Waals surface area contributed by atoms with Crippen molar-refractivity contribution in [3.8, 4) is 5.75 Å². The molecule has 0 spiro atoms. The van der Waals surface area contributed by atoms with Crippen LogP contribution in [0.25, 0.3) is 0 Å². The molecular formula is C10H11BrF3NO2. The Morgan fingerprint density at radius 3 is 2.47 bits per heavy atom. The Bertz CT molecular complexity index is 371. The predicted molar refractivity (Wildman–Crippen MR) is 59.5 cm³/mol. The Hall–Kier alpha value is -0.790. The summed E-state index contributed by atoms with van der Waals surface area (Å²) in [7, 11) is 0. The summed E-state index contributed by atoms with van der Waals surface area (Å²) in [5, 5.41) is 0. The molecule has 1 aromatic carbocycles. The standard InChI is InChI=1S/C10H11BrF3NO2/c11-8-5-7(6-15)1-2-9(8)16-3-4-17-10(12,13)14/h1-2,5H,3-4,6,15H2. The molecule has 0 unspecified atom stereocenters. The van der Waals surface area contributed by atoms with E-state index in [4.69, 9.17) is 10.5 Å². The van der Waals surface area contributed by atoms with Gasteiger partial charge in [0, 0.05) is 6.54 Å². The average molecular weight is 314 g/mol. The van der Waals surface area contributed by atoms with Crippen molar-refractivity contribution >= 4 is 15.9 Å². The van der Waals surface area contributed by atoms with Crippen LogP contribution in [0.1, 0.15) is 5.56 Å². The van der Waals surface area contributed by atoms with Crippen LogP contribution in [0.15, 0.2) is 22.7 Å². The predicted octanol–water partition coefficient (Wildman–Crippen LogP) is 2.82. The van der Waals surface area contributed by atoms with Crippen molar-refractivity contribution in [2.75, 3.05) is 13.2 Å². The van der Waals surface area contributed by atoms with E-state index in [0.717, 1.165) is 5.56 Å². The van der Waals surface area contributed by atoms with Crippen molar-refractivity contribution in [1.29, 1.82) is 0 Å². The first kappa shape index (κ1) is 14.3. The molecule has 7 heteroatoms. The molecule has 0 aliphatic rings. The quantitative estimate of drug-likeness (QED) is 0.850. The zero-order chi connectivity index (χ0) is 12.9. The van der Waals surface area contributed by atoms with Crippen molar-refractivity contribution in [2.24, 2.45) is 5.73 Å². The third-order valence-electron chi connectivity index (χ3n) is 1.84. The Morgan fingerprint density at radius 1 is 1.24 bits per heavy atom. The average Bonchev–Trinajstić information content (AvgIpc) is 2.24. The first-order chi connectivity index (χ1) is 7.92. The highest BCUT2D eigenvalue weighted by Crippen LogP contribution is 2.26. The largest absolute Gasteiger partial charge is 0.522 e. The van der Waals surface area contributed by atoms with Gasteiger partial charge in [-0.2, -0.15) is 0 Å². The van der Waals surface area contributed by atoms with E-state index in [-0.39, 0.29) is 6.61 Å². The molecule has 0 radical (unpaired) electrons. The molecule has 0 saturated heterocycles. The van der Waals surface area contributed by atoms with Gasteiger partial charge in [0.1, 0.15) is 12.4 Å². The highest BCUT2D eigenvalue weighted by molar-refractivity contribution is 9.10. The van der Waals surface area contributed by atoms with Crippen LogP contribution < -0.4 is 10.5 Å². The van der Waals surface area contributed by atoms with Crippen LogP contribution in [-0.2, 0) is 11.3 Å². The van der Waals surface area contributed by atoms with E-state index in [1.807, 2.05) is 0 Å². The lowest BCUT2D eigenvalue weighted by Crippen LogP contribution is -2.18. The molecule has 0 aromatic heterocycles. The summed E-state index contributed by atoms with van der Waals surface area (Å²) >= 11 is 3.24. The van der Waals surface area contributed by atoms with Crippen LogP contribution in [0, 0.1) is 0 Å². The zero-order valence-electron chi connectivity index (χ0n) is 8.76. The van der Waals surface area contributed by atoms with Crippen LogP contribution in [0.3, 0.4) is 0 Å². The fraction of sp³-hybridized carbons (Fsp3) is 0.400. The topological polar surface area (TPSA) is 44.5 Å². The van der Waals surface area contributed by atoms with Crippen molar-refractivity contribution in [3.63, 3.8) is 0 Å². The van der Waals surface area contributed by atoms with Gasteiger partial charge in [-0.1, -0.05) is 6.07 Å². The lowest BCUT2D eigenvalue weighted by molar-refractivity contribution is -0.325. The first-order valence-electron chi connectivity index (χ1n) is 4.74. The van der Waals surface area contributed by atoms with Crippen molar-refractivity contribution in [2.45, 2.75) is 12.9 Å². The second kappa shape index (κ2) is 6.23. The lowest BCUT2D eigenvalue weighted by Gasteiger charge is -2.10. The van der Waals surface area contributed by atoms with E-state index in [1.165, 1.54) is 0 Å². The maximum Gasteiger partial charge on any atom is 0.522 e. The highest BCUT2D eigenvalue weighted by atomic mass is 79.9. The van der Waals surface area contributed by atoms with Crippen LogP contribution in [0.4, 0.5) is 13.2 Å². The van der Waals surface area contributed by atoms with Gasteiger partial charge in [-0.05, 0) is 33.6 Å². The van der Waals surface area contributed by atoms with Gasteiger partial charge >= 0.3 is 6.36 Å². The number of halogens is 4. The second-order valence-corrected chi connectivity index (χ2v) is 3.97. The number of hydrogen-bond acceptors (Lipinski definition) is 3. The maximum atomic E-state index is 11.7. The number of rotatable bonds is 5. The molecule has 0 aliphatic carbocycles. The third kappa shape index (κ3) is 5.38. The molecule has 0 amide bonds. The summed E-state index contributed by atoms with van der Waals surface area (Å²) in [6, 6.07) is 5.13. The molecule has 0 bridgehead atoms. The molecule has 0 saturated carbocycles. The fourth-order valence-corrected chi connectivity index (χ4v) is 1.64. The summed E-state index contributed by atoms with van der Waals surface area (Å²) in [4.78, 5) is 0. The molecule has 0 heterocycles. The van der Waals surface area contributed by atoms with Crippen LogP contribution >= 0.6 is 15.9 Å². The number of ether oxygens (including phenoxy) is 2. The van der Waals surface area contributed by atoms with Crippen molar-refractivity contribution in [1.82, 2.24) is 0 Å². The lowest BCUT2D eigenvalue weighted by atomic mass is 10.2. The van der Waals surface area contributed by atoms with E-state index in [2.05, 4.69) is 20.7 Å². The van der Waals surface area contributed by atoms with E-state index >= 15 is 0 Å². The number of benzene rings is 1. The molecule has 1 rings (SSSR count). The van der Waals surface area contributed by atoms with Crippen molar-refractivity contribution in [3.05, 3.63) is 28.2 Å². The molecule has 96 valence electrons. The molecule has 0 fully saturated rings. The Morgan fingerprint density at radius 2 is 1.94 bits per heavy atom. The van der Waals surface area contributed by atoms with Crippen molar-refractivity contribution < 1.29 is 22.6 Å². The summed E-state index contributed by atoms with van der Waals surface area (Å²) in [6.07, 6.45) is -4.62. The smallest absolute Gasteiger partial charge is 0.490 e. The number of alkyl halides is 3. The summed E-state index contributed by atoms with van der Waals surface area (Å²) in [5.41, 5.74) is 6.33. The highest BCUT2D eigenvalue weighted by Gasteiger charge is 2.28. The zero-order valence-corrected chi connectivity index (χ0v) is 10.3. The van der Waals surface area contributed by atoms with Gasteiger partial charge < -0.3 is 10.5 Å². The monoisotopic (exact) mass is 313 g/mol. The van der Waals surface area contributed by atoms with Gasteiger partial charge in [0.05, 0.1) is 11.1 Å². The molecule has 17 heavy (non-hydrogen) atoms. The van der Waals surface area contributed by atoms with E-state index in [9.17, 15) is 13.2 Å². The Balaban J connectivity index is 2.42. The number of nitrogens with two attached hydrogens (primary N) is 1. The van der Waals surface area contributed by atoms with Gasteiger partial charge in [0.25, 0.3) is 0 Å². The normalized spacial score (nSPS) is 11.6. The SMILES string of the molecule is NCc1ccc(OCCOC(F)(F)F)c(Br)c1. The van der Waals surface area contributed by atoms with Gasteiger partial charge in [0.2, 0.25) is 0 Å². The molecular weight excluding hydrogens is 303 g/mol. The Kier molecular flexibility index (Phi) is 5.23. The fourth-order valence-electron chi connectivity index (χ4n) is 1.10. The second-order valence-electron chi connectivity index (χ2n) is 3.11. The minimum atomic E-state index is -4.62. The van der Waals surface area contributed by atoms with Crippen LogP contribution in [0.2, 0.25) is 0 Å². The third-order valence-corrected chi connectivity index (χ3v) is 2.46. The van der Waals surface area contributed by atoms with E-state index in [0.29, 0.717) is 16.8 Å². The van der Waals surface area contributed by atoms with E-state index < -0.39 is 13.0 Å². The summed E-state index contributed by atoms with van der Waals surface area (Å²) < 4.78 is 44.3. The van der Waals surface area contributed by atoms with Crippen LogP contribution in [-0.4, -0.2) is 19.6 Å². The first-order valence-corrected chi connectivity index (χ1v) is 5.53. The van der Waals surface area contributed by atoms with Gasteiger partial charge in [-0.25, -0.2) is 0 Å². The molecule has 1 aromatic rings. The molecule has 2 N–H and O–H groups in total. The number of hydrogen-bond donors (Lipinski definition) is 1. The molecule has 0 atom stereocenters. The summed E-state index contributed by atoms with van der Waals surface area (Å²) in [6.45, 7) is -0.343. The van der Waals surface area contributed by atoms with E-state index in [1.54, 1.807) is 18.2 Å². The minimum Gasteiger partial charge on any atom is -0.490 e. The minimum absolute atomic E-state index is 0.180.